The summed E-state index contributed by atoms with van der Waals surface area (Å²) in [6.07, 6.45) is 0.889. The molecular weight excluding hydrogens is 443 g/mol. The van der Waals surface area contributed by atoms with Gasteiger partial charge in [-0.2, -0.15) is 0 Å². The highest BCUT2D eigenvalue weighted by atomic mass is 127. The predicted molar refractivity (Wildman–Crippen MR) is 116 cm³/mol. The summed E-state index contributed by atoms with van der Waals surface area (Å²) in [6.45, 7) is 2.09. The lowest BCUT2D eigenvalue weighted by molar-refractivity contribution is 0.0978. The molecule has 0 bridgehead atoms. The highest BCUT2D eigenvalue weighted by Gasteiger charge is 2.10. The van der Waals surface area contributed by atoms with Crippen molar-refractivity contribution in [1.29, 1.82) is 0 Å². The number of fused-ring (bicyclic) bond motifs is 1. The van der Waals surface area contributed by atoms with Crippen LogP contribution in [-0.2, 0) is 6.42 Å². The number of benzene rings is 3. The minimum absolute atomic E-state index is 0.216. The molecule has 0 aliphatic heterocycles. The quantitative estimate of drug-likeness (QED) is 0.421. The first-order valence-corrected chi connectivity index (χ1v) is 9.45. The minimum atomic E-state index is -0.216. The van der Waals surface area contributed by atoms with E-state index in [1.807, 2.05) is 54.6 Å². The van der Waals surface area contributed by atoms with Gasteiger partial charge in [0.05, 0.1) is 0 Å². The Morgan fingerprint density at radius 2 is 1.80 bits per heavy atom. The van der Waals surface area contributed by atoms with E-state index in [0.29, 0.717) is 10.7 Å². The van der Waals surface area contributed by atoms with Crippen LogP contribution in [0.5, 0.6) is 0 Å². The van der Waals surface area contributed by atoms with Gasteiger partial charge < -0.3 is 5.32 Å². The van der Waals surface area contributed by atoms with Crippen molar-refractivity contribution in [3.63, 3.8) is 0 Å². The SMILES string of the molecule is CCc1cc(I)ccc1NC(=S)NC(=O)c1ccc2ccccc2c1. The van der Waals surface area contributed by atoms with Crippen molar-refractivity contribution < 1.29 is 4.79 Å². The molecule has 0 aliphatic rings. The molecule has 0 heterocycles. The van der Waals surface area contributed by atoms with E-state index in [9.17, 15) is 4.79 Å². The smallest absolute Gasteiger partial charge is 0.257 e. The molecule has 126 valence electrons. The molecule has 25 heavy (non-hydrogen) atoms. The number of anilines is 1. The van der Waals surface area contributed by atoms with E-state index in [0.717, 1.165) is 28.4 Å². The average molecular weight is 460 g/mol. The fraction of sp³-hybridized carbons (Fsp3) is 0.100. The zero-order chi connectivity index (χ0) is 17.8. The Hall–Kier alpha value is -1.99. The third kappa shape index (κ3) is 4.35. The molecule has 0 atom stereocenters. The van der Waals surface area contributed by atoms with Crippen molar-refractivity contribution in [2.45, 2.75) is 13.3 Å². The second kappa shape index (κ2) is 7.93. The maximum Gasteiger partial charge on any atom is 0.257 e. The normalized spacial score (nSPS) is 10.5. The van der Waals surface area contributed by atoms with Crippen molar-refractivity contribution >= 4 is 62.3 Å². The molecule has 3 nitrogen and oxygen atoms in total. The Balaban J connectivity index is 1.72. The van der Waals surface area contributed by atoms with Gasteiger partial charge >= 0.3 is 0 Å². The first kappa shape index (κ1) is 17.8. The molecule has 3 rings (SSSR count). The van der Waals surface area contributed by atoms with Gasteiger partial charge in [-0.25, -0.2) is 0 Å². The lowest BCUT2D eigenvalue weighted by Gasteiger charge is -2.13. The fourth-order valence-electron chi connectivity index (χ4n) is 2.64. The molecule has 2 N–H and O–H groups in total. The molecule has 0 aliphatic carbocycles. The Labute approximate surface area is 166 Å². The van der Waals surface area contributed by atoms with Crippen molar-refractivity contribution in [2.75, 3.05) is 5.32 Å². The molecule has 1 amide bonds. The van der Waals surface area contributed by atoms with Crippen molar-refractivity contribution in [1.82, 2.24) is 5.32 Å². The first-order chi connectivity index (χ1) is 12.1. The first-order valence-electron chi connectivity index (χ1n) is 7.96. The number of amides is 1. The molecule has 0 saturated carbocycles. The van der Waals surface area contributed by atoms with Crippen LogP contribution in [-0.4, -0.2) is 11.0 Å². The van der Waals surface area contributed by atoms with E-state index in [2.05, 4.69) is 46.2 Å². The van der Waals surface area contributed by atoms with Gasteiger partial charge in [-0.15, -0.1) is 0 Å². The fourth-order valence-corrected chi connectivity index (χ4v) is 3.39. The number of carbonyl (C=O) groups is 1. The zero-order valence-corrected chi connectivity index (χ0v) is 16.6. The van der Waals surface area contributed by atoms with Gasteiger partial charge in [0, 0.05) is 14.8 Å². The van der Waals surface area contributed by atoms with E-state index in [4.69, 9.17) is 12.2 Å². The Kier molecular flexibility index (Phi) is 5.65. The molecule has 0 unspecified atom stereocenters. The van der Waals surface area contributed by atoms with Gasteiger partial charge in [0.25, 0.3) is 5.91 Å². The highest BCUT2D eigenvalue weighted by molar-refractivity contribution is 14.1. The summed E-state index contributed by atoms with van der Waals surface area (Å²) in [5.41, 5.74) is 2.67. The van der Waals surface area contributed by atoms with Gasteiger partial charge in [0.2, 0.25) is 0 Å². The van der Waals surface area contributed by atoms with Gasteiger partial charge in [0.15, 0.2) is 5.11 Å². The van der Waals surface area contributed by atoms with Gasteiger partial charge in [0.1, 0.15) is 0 Å². The highest BCUT2D eigenvalue weighted by Crippen LogP contribution is 2.19. The standard InChI is InChI=1S/C20H17IN2OS/c1-2-13-12-17(21)9-10-18(13)22-20(25)23-19(24)16-8-7-14-5-3-4-6-15(14)11-16/h3-12H,2H2,1H3,(H2,22,23,24,25). The van der Waals surface area contributed by atoms with Crippen molar-refractivity contribution in [2.24, 2.45) is 0 Å². The van der Waals surface area contributed by atoms with E-state index < -0.39 is 0 Å². The molecule has 0 aromatic heterocycles. The van der Waals surface area contributed by atoms with E-state index in [1.54, 1.807) is 0 Å². The number of carbonyl (C=O) groups excluding carboxylic acids is 1. The molecule has 0 spiro atoms. The molecule has 0 saturated heterocycles. The average Bonchev–Trinajstić information content (AvgIpc) is 2.62. The van der Waals surface area contributed by atoms with Crippen LogP contribution in [0.15, 0.2) is 60.7 Å². The number of hydrogen-bond donors (Lipinski definition) is 2. The lowest BCUT2D eigenvalue weighted by Crippen LogP contribution is -2.34. The van der Waals surface area contributed by atoms with Crippen LogP contribution in [0.3, 0.4) is 0 Å². The minimum Gasteiger partial charge on any atom is -0.332 e. The second-order valence-corrected chi connectivity index (χ2v) is 7.28. The number of hydrogen-bond acceptors (Lipinski definition) is 2. The van der Waals surface area contributed by atoms with Crippen LogP contribution in [0, 0.1) is 3.57 Å². The number of thiocarbonyl (C=S) groups is 1. The monoisotopic (exact) mass is 460 g/mol. The predicted octanol–water partition coefficient (Wildman–Crippen LogP) is 5.13. The molecule has 3 aromatic rings. The largest absolute Gasteiger partial charge is 0.332 e. The number of rotatable bonds is 3. The second-order valence-electron chi connectivity index (χ2n) is 5.63. The summed E-state index contributed by atoms with van der Waals surface area (Å²) in [4.78, 5) is 12.5. The van der Waals surface area contributed by atoms with Crippen molar-refractivity contribution in [3.05, 3.63) is 75.4 Å². The Morgan fingerprint density at radius 3 is 2.56 bits per heavy atom. The van der Waals surface area contributed by atoms with E-state index in [-0.39, 0.29) is 5.91 Å². The van der Waals surface area contributed by atoms with Crippen LogP contribution in [0.1, 0.15) is 22.8 Å². The molecule has 0 fully saturated rings. The summed E-state index contributed by atoms with van der Waals surface area (Å²) < 4.78 is 1.17. The van der Waals surface area contributed by atoms with Crippen LogP contribution >= 0.6 is 34.8 Å². The maximum absolute atomic E-state index is 12.5. The maximum atomic E-state index is 12.5. The van der Waals surface area contributed by atoms with Gasteiger partial charge in [-0.1, -0.05) is 37.3 Å². The van der Waals surface area contributed by atoms with Gasteiger partial charge in [-0.3, -0.25) is 10.1 Å². The summed E-state index contributed by atoms with van der Waals surface area (Å²) in [5, 5.41) is 8.31. The molecule has 3 aromatic carbocycles. The van der Waals surface area contributed by atoms with Crippen LogP contribution in [0.4, 0.5) is 5.69 Å². The summed E-state index contributed by atoms with van der Waals surface area (Å²) in [6, 6.07) is 19.7. The van der Waals surface area contributed by atoms with Crippen LogP contribution < -0.4 is 10.6 Å². The summed E-state index contributed by atoms with van der Waals surface area (Å²) in [7, 11) is 0. The number of nitrogens with one attached hydrogen (secondary N) is 2. The molecular formula is C20H17IN2OS. The third-order valence-corrected chi connectivity index (χ3v) is 4.81. The lowest BCUT2D eigenvalue weighted by atomic mass is 10.1. The molecule has 0 radical (unpaired) electrons. The Bertz CT molecular complexity index is 955. The van der Waals surface area contributed by atoms with Crippen LogP contribution in [0.25, 0.3) is 10.8 Å². The van der Waals surface area contributed by atoms with Crippen LogP contribution in [0.2, 0.25) is 0 Å². The summed E-state index contributed by atoms with van der Waals surface area (Å²) >= 11 is 7.59. The number of aryl methyl sites for hydroxylation is 1. The zero-order valence-electron chi connectivity index (χ0n) is 13.7. The Morgan fingerprint density at radius 1 is 1.04 bits per heavy atom. The van der Waals surface area contributed by atoms with Crippen molar-refractivity contribution in [3.8, 4) is 0 Å². The third-order valence-electron chi connectivity index (χ3n) is 3.94. The molecule has 5 heteroatoms. The topological polar surface area (TPSA) is 41.1 Å². The number of halogens is 1. The summed E-state index contributed by atoms with van der Waals surface area (Å²) in [5.74, 6) is -0.216. The van der Waals surface area contributed by atoms with E-state index >= 15 is 0 Å². The van der Waals surface area contributed by atoms with Gasteiger partial charge in [-0.05, 0) is 87.9 Å². The van der Waals surface area contributed by atoms with E-state index in [1.165, 1.54) is 3.57 Å².